The molecule has 0 aliphatic heterocycles. The average Bonchev–Trinajstić information content (AvgIpc) is 3.17. The second-order valence-electron chi connectivity index (χ2n) is 6.85. The Kier molecular flexibility index (Phi) is 6.82. The van der Waals surface area contributed by atoms with Crippen LogP contribution in [0.2, 0.25) is 5.02 Å². The first-order valence-electron chi connectivity index (χ1n) is 9.27. The van der Waals surface area contributed by atoms with Crippen LogP contribution in [0.1, 0.15) is 34.1 Å². The summed E-state index contributed by atoms with van der Waals surface area (Å²) in [6, 6.07) is 8.01. The van der Waals surface area contributed by atoms with E-state index in [1.165, 1.54) is 48.5 Å². The highest BCUT2D eigenvalue weighted by molar-refractivity contribution is 7.14. The van der Waals surface area contributed by atoms with Gasteiger partial charge < -0.3 is 14.6 Å². The van der Waals surface area contributed by atoms with Crippen LogP contribution in [0.5, 0.6) is 11.5 Å². The minimum atomic E-state index is -0.716. The summed E-state index contributed by atoms with van der Waals surface area (Å²) in [5.74, 6) is -0.750. The van der Waals surface area contributed by atoms with Crippen LogP contribution in [0.25, 0.3) is 0 Å². The molecule has 0 saturated heterocycles. The number of rotatable bonds is 6. The normalized spacial score (nSPS) is 10.6. The summed E-state index contributed by atoms with van der Waals surface area (Å²) in [5, 5.41) is 12.5. The molecule has 0 unspecified atom stereocenters. The van der Waals surface area contributed by atoms with E-state index in [-0.39, 0.29) is 23.8 Å². The standard InChI is InChI=1S/C22H21ClN2O5S/c1-12-7-13(2)20(18(23)8-12)25(14(3)26)22-24-15(11-31-22)10-30-21(28)17-9-16(29-4)5-6-19(17)27/h5-9,11,27H,10H2,1-4H3. The van der Waals surface area contributed by atoms with E-state index >= 15 is 0 Å². The number of aryl methyl sites for hydroxylation is 2. The zero-order valence-electron chi connectivity index (χ0n) is 17.4. The van der Waals surface area contributed by atoms with Crippen LogP contribution >= 0.6 is 22.9 Å². The van der Waals surface area contributed by atoms with Crippen LogP contribution in [0, 0.1) is 13.8 Å². The summed E-state index contributed by atoms with van der Waals surface area (Å²) in [6.45, 7) is 5.11. The first-order chi connectivity index (χ1) is 14.7. The number of phenols is 1. The van der Waals surface area contributed by atoms with Crippen LogP contribution in [0.15, 0.2) is 35.7 Å². The number of ether oxygens (including phenoxy) is 2. The van der Waals surface area contributed by atoms with Gasteiger partial charge in [0.2, 0.25) is 5.91 Å². The summed E-state index contributed by atoms with van der Waals surface area (Å²) in [5.41, 5.74) is 2.85. The molecule has 2 aromatic carbocycles. The Morgan fingerprint density at radius 1 is 1.23 bits per heavy atom. The first-order valence-corrected chi connectivity index (χ1v) is 10.5. The van der Waals surface area contributed by atoms with Crippen molar-refractivity contribution in [3.05, 3.63) is 63.1 Å². The molecule has 0 bridgehead atoms. The van der Waals surface area contributed by atoms with E-state index in [4.69, 9.17) is 21.1 Å². The summed E-state index contributed by atoms with van der Waals surface area (Å²) < 4.78 is 10.3. The first kappa shape index (κ1) is 22.6. The minimum Gasteiger partial charge on any atom is -0.507 e. The van der Waals surface area contributed by atoms with Gasteiger partial charge in [0.05, 0.1) is 23.5 Å². The van der Waals surface area contributed by atoms with Crippen molar-refractivity contribution in [1.82, 2.24) is 4.98 Å². The maximum Gasteiger partial charge on any atom is 0.342 e. The lowest BCUT2D eigenvalue weighted by Gasteiger charge is -2.22. The van der Waals surface area contributed by atoms with Crippen LogP contribution in [0.3, 0.4) is 0 Å². The summed E-state index contributed by atoms with van der Waals surface area (Å²) in [4.78, 5) is 30.6. The zero-order valence-corrected chi connectivity index (χ0v) is 19.0. The highest BCUT2D eigenvalue weighted by Crippen LogP contribution is 2.37. The Hall–Kier alpha value is -3.10. The molecule has 3 aromatic rings. The van der Waals surface area contributed by atoms with Crippen molar-refractivity contribution in [2.75, 3.05) is 12.0 Å². The van der Waals surface area contributed by atoms with Crippen molar-refractivity contribution in [3.8, 4) is 11.5 Å². The second-order valence-corrected chi connectivity index (χ2v) is 8.09. The number of amides is 1. The zero-order chi connectivity index (χ0) is 22.7. The molecule has 1 N–H and O–H groups in total. The number of esters is 1. The van der Waals surface area contributed by atoms with E-state index in [1.807, 2.05) is 19.9 Å². The van der Waals surface area contributed by atoms with Crippen molar-refractivity contribution in [2.24, 2.45) is 0 Å². The topological polar surface area (TPSA) is 89.0 Å². The van der Waals surface area contributed by atoms with Gasteiger partial charge in [-0.15, -0.1) is 11.3 Å². The van der Waals surface area contributed by atoms with Crippen LogP contribution in [-0.4, -0.2) is 29.1 Å². The lowest BCUT2D eigenvalue weighted by molar-refractivity contribution is -0.115. The number of halogens is 1. The van der Waals surface area contributed by atoms with Crippen LogP contribution < -0.4 is 9.64 Å². The molecule has 162 valence electrons. The lowest BCUT2D eigenvalue weighted by atomic mass is 10.1. The highest BCUT2D eigenvalue weighted by atomic mass is 35.5. The monoisotopic (exact) mass is 460 g/mol. The van der Waals surface area contributed by atoms with Gasteiger partial charge >= 0.3 is 5.97 Å². The molecule has 0 atom stereocenters. The number of phenolic OH excluding ortho intramolecular Hbond substituents is 1. The molecule has 0 spiro atoms. The van der Waals surface area contributed by atoms with Gasteiger partial charge in [-0.2, -0.15) is 0 Å². The van der Waals surface area contributed by atoms with Crippen molar-refractivity contribution < 1.29 is 24.2 Å². The Balaban J connectivity index is 1.81. The molecule has 9 heteroatoms. The minimum absolute atomic E-state index is 0.0118. The molecule has 0 fully saturated rings. The number of hydrogen-bond donors (Lipinski definition) is 1. The molecule has 0 aliphatic carbocycles. The molecule has 31 heavy (non-hydrogen) atoms. The second kappa shape index (κ2) is 9.36. The molecule has 1 amide bonds. The van der Waals surface area contributed by atoms with Gasteiger partial charge in [-0.3, -0.25) is 9.69 Å². The van der Waals surface area contributed by atoms with Gasteiger partial charge in [-0.25, -0.2) is 9.78 Å². The predicted molar refractivity (Wildman–Crippen MR) is 120 cm³/mol. The Morgan fingerprint density at radius 2 is 1.97 bits per heavy atom. The van der Waals surface area contributed by atoms with E-state index in [0.717, 1.165) is 11.1 Å². The summed E-state index contributed by atoms with van der Waals surface area (Å²) >= 11 is 7.65. The van der Waals surface area contributed by atoms with Gasteiger partial charge in [-0.05, 0) is 49.2 Å². The van der Waals surface area contributed by atoms with Gasteiger partial charge in [0.25, 0.3) is 0 Å². The SMILES string of the molecule is COc1ccc(O)c(C(=O)OCc2csc(N(C(C)=O)c3c(C)cc(C)cc3Cl)n2)c1. The number of aromatic hydroxyl groups is 1. The molecule has 0 saturated carbocycles. The fourth-order valence-corrected chi connectivity index (χ4v) is 4.33. The highest BCUT2D eigenvalue weighted by Gasteiger charge is 2.23. The summed E-state index contributed by atoms with van der Waals surface area (Å²) in [6.07, 6.45) is 0. The number of methoxy groups -OCH3 is 1. The van der Waals surface area contributed by atoms with Gasteiger partial charge in [-0.1, -0.05) is 17.7 Å². The molecule has 1 aromatic heterocycles. The number of carbonyl (C=O) groups excluding carboxylic acids is 2. The molecule has 0 aliphatic rings. The molecule has 3 rings (SSSR count). The molecular formula is C22H21ClN2O5S. The molecular weight excluding hydrogens is 440 g/mol. The van der Waals surface area contributed by atoms with Gasteiger partial charge in [0.15, 0.2) is 5.13 Å². The Labute approximate surface area is 188 Å². The van der Waals surface area contributed by atoms with E-state index in [2.05, 4.69) is 4.98 Å². The molecule has 1 heterocycles. The third-order valence-electron chi connectivity index (χ3n) is 4.44. The number of hydrogen-bond acceptors (Lipinski definition) is 7. The van der Waals surface area contributed by atoms with E-state index in [0.29, 0.717) is 27.3 Å². The fraction of sp³-hybridized carbons (Fsp3) is 0.227. The fourth-order valence-electron chi connectivity index (χ4n) is 3.07. The molecule has 7 nitrogen and oxygen atoms in total. The van der Waals surface area contributed by atoms with Crippen molar-refractivity contribution >= 4 is 45.6 Å². The predicted octanol–water partition coefficient (Wildman–Crippen LogP) is 5.17. The van der Waals surface area contributed by atoms with Gasteiger partial charge in [0, 0.05) is 12.3 Å². The third kappa shape index (κ3) is 4.98. The quantitative estimate of drug-likeness (QED) is 0.510. The largest absolute Gasteiger partial charge is 0.507 e. The van der Waals surface area contributed by atoms with Crippen LogP contribution in [-0.2, 0) is 16.1 Å². The number of anilines is 2. The van der Waals surface area contributed by atoms with Crippen molar-refractivity contribution in [3.63, 3.8) is 0 Å². The smallest absolute Gasteiger partial charge is 0.342 e. The lowest BCUT2D eigenvalue weighted by Crippen LogP contribution is -2.24. The van der Waals surface area contributed by atoms with Crippen molar-refractivity contribution in [2.45, 2.75) is 27.4 Å². The maximum absolute atomic E-state index is 12.4. The van der Waals surface area contributed by atoms with E-state index < -0.39 is 5.97 Å². The number of aromatic nitrogens is 1. The summed E-state index contributed by atoms with van der Waals surface area (Å²) in [7, 11) is 1.46. The Bertz CT molecular complexity index is 1120. The third-order valence-corrected chi connectivity index (χ3v) is 5.61. The Morgan fingerprint density at radius 3 is 2.61 bits per heavy atom. The number of thiazole rings is 1. The van der Waals surface area contributed by atoms with Crippen molar-refractivity contribution in [1.29, 1.82) is 0 Å². The van der Waals surface area contributed by atoms with Crippen LogP contribution in [0.4, 0.5) is 10.8 Å². The number of benzene rings is 2. The van der Waals surface area contributed by atoms with E-state index in [9.17, 15) is 14.7 Å². The molecule has 0 radical (unpaired) electrons. The van der Waals surface area contributed by atoms with Gasteiger partial charge in [0.1, 0.15) is 23.7 Å². The van der Waals surface area contributed by atoms with E-state index in [1.54, 1.807) is 11.4 Å². The average molecular weight is 461 g/mol. The number of nitrogens with zero attached hydrogens (tertiary/aromatic N) is 2. The number of carbonyl (C=O) groups is 2. The maximum atomic E-state index is 12.4.